The molecule has 0 aliphatic carbocycles. The Bertz CT molecular complexity index is 1490. The van der Waals surface area contributed by atoms with Gasteiger partial charge in [-0.25, -0.2) is 9.48 Å². The number of phenols is 1. The number of nitrogens with zero attached hydrogens (tertiary/aromatic N) is 6. The number of fused-ring (bicyclic) bond motifs is 1. The molecule has 1 N–H and O–H groups in total. The third kappa shape index (κ3) is 6.27. The first-order valence-corrected chi connectivity index (χ1v) is 13.2. The monoisotopic (exact) mass is 546 g/mol. The number of rotatable bonds is 8. The molecule has 10 nitrogen and oxygen atoms in total. The molecule has 0 bridgehead atoms. The number of amides is 1. The third-order valence-electron chi connectivity index (χ3n) is 6.45. The van der Waals surface area contributed by atoms with Crippen LogP contribution in [-0.2, 0) is 4.74 Å². The van der Waals surface area contributed by atoms with Crippen LogP contribution in [0.3, 0.4) is 0 Å². The first kappa shape index (κ1) is 28.7. The number of hydrogen-bond acceptors (Lipinski definition) is 8. The summed E-state index contributed by atoms with van der Waals surface area (Å²) in [6, 6.07) is 14.8. The van der Waals surface area contributed by atoms with E-state index in [9.17, 15) is 9.90 Å². The molecule has 2 aromatic heterocycles. The maximum Gasteiger partial charge on any atom is 0.410 e. The minimum atomic E-state index is -0.581. The second-order valence-electron chi connectivity index (χ2n) is 11.1. The Labute approximate surface area is 235 Å². The van der Waals surface area contributed by atoms with E-state index < -0.39 is 11.7 Å². The topological polar surface area (TPSA) is 106 Å². The number of benzene rings is 2. The van der Waals surface area contributed by atoms with E-state index in [1.165, 1.54) is 0 Å². The smallest absolute Gasteiger partial charge is 0.410 e. The number of phenolic OH excluding ortho intramolecular Hbond substituents is 1. The maximum absolute atomic E-state index is 12.6. The van der Waals surface area contributed by atoms with E-state index in [2.05, 4.69) is 10.2 Å². The fraction of sp³-hybridized carbons (Fsp3) is 0.400. The Morgan fingerprint density at radius 3 is 2.40 bits per heavy atom. The summed E-state index contributed by atoms with van der Waals surface area (Å²) in [6.07, 6.45) is -0.266. The van der Waals surface area contributed by atoms with Crippen molar-refractivity contribution in [1.29, 1.82) is 0 Å². The Morgan fingerprint density at radius 1 is 1.05 bits per heavy atom. The van der Waals surface area contributed by atoms with Crippen LogP contribution in [0.25, 0.3) is 16.6 Å². The van der Waals surface area contributed by atoms with Gasteiger partial charge in [0.15, 0.2) is 5.82 Å². The van der Waals surface area contributed by atoms with E-state index in [-0.39, 0.29) is 11.9 Å². The van der Waals surface area contributed by atoms with Gasteiger partial charge in [0.1, 0.15) is 34.4 Å². The highest BCUT2D eigenvalue weighted by atomic mass is 16.6. The van der Waals surface area contributed by atoms with Crippen LogP contribution >= 0.6 is 0 Å². The highest BCUT2D eigenvalue weighted by Gasteiger charge is 2.24. The van der Waals surface area contributed by atoms with Gasteiger partial charge in [-0.3, -0.25) is 0 Å². The van der Waals surface area contributed by atoms with Gasteiger partial charge in [0, 0.05) is 40.2 Å². The molecule has 0 aliphatic heterocycles. The maximum atomic E-state index is 12.6. The third-order valence-corrected chi connectivity index (χ3v) is 6.45. The van der Waals surface area contributed by atoms with Gasteiger partial charge in [0.2, 0.25) is 0 Å². The van der Waals surface area contributed by atoms with Crippen molar-refractivity contribution in [3.63, 3.8) is 0 Å². The van der Waals surface area contributed by atoms with Crippen LogP contribution in [0.4, 0.5) is 10.6 Å². The highest BCUT2D eigenvalue weighted by molar-refractivity contribution is 5.92. The average molecular weight is 547 g/mol. The summed E-state index contributed by atoms with van der Waals surface area (Å²) in [5.41, 5.74) is 3.28. The van der Waals surface area contributed by atoms with Crippen LogP contribution in [0.1, 0.15) is 50.2 Å². The molecular formula is C30H38N6O4. The van der Waals surface area contributed by atoms with Crippen molar-refractivity contribution in [2.24, 2.45) is 0 Å². The van der Waals surface area contributed by atoms with Gasteiger partial charge in [0.05, 0.1) is 16.8 Å². The molecule has 212 valence electrons. The van der Waals surface area contributed by atoms with Gasteiger partial charge in [-0.1, -0.05) is 30.3 Å². The van der Waals surface area contributed by atoms with Crippen LogP contribution in [0.15, 0.2) is 48.5 Å². The molecule has 0 saturated heterocycles. The van der Waals surface area contributed by atoms with Gasteiger partial charge in [-0.2, -0.15) is 10.2 Å². The number of hydrogen-bond donors (Lipinski definition) is 1. The lowest BCUT2D eigenvalue weighted by Gasteiger charge is -2.27. The molecule has 2 heterocycles. The molecule has 4 rings (SSSR count). The van der Waals surface area contributed by atoms with E-state index in [0.29, 0.717) is 35.7 Å². The van der Waals surface area contributed by atoms with Crippen LogP contribution in [0.2, 0.25) is 0 Å². The number of carbonyl (C=O) groups is 1. The lowest BCUT2D eigenvalue weighted by Crippen LogP contribution is -2.35. The van der Waals surface area contributed by atoms with Crippen molar-refractivity contribution in [2.45, 2.75) is 52.7 Å². The van der Waals surface area contributed by atoms with Crippen LogP contribution in [0, 0.1) is 13.8 Å². The highest BCUT2D eigenvalue weighted by Crippen LogP contribution is 2.36. The first-order chi connectivity index (χ1) is 18.9. The molecule has 0 fully saturated rings. The van der Waals surface area contributed by atoms with Gasteiger partial charge >= 0.3 is 6.09 Å². The zero-order chi connectivity index (χ0) is 29.2. The lowest BCUT2D eigenvalue weighted by molar-refractivity contribution is 0.0278. The lowest BCUT2D eigenvalue weighted by atomic mass is 10.1. The summed E-state index contributed by atoms with van der Waals surface area (Å²) in [5.74, 6) is 1.27. The number of aromatic hydroxyl groups is 1. The van der Waals surface area contributed by atoms with Crippen LogP contribution in [-0.4, -0.2) is 69.4 Å². The molecule has 1 amide bonds. The molecule has 1 atom stereocenters. The Balaban J connectivity index is 1.72. The summed E-state index contributed by atoms with van der Waals surface area (Å²) in [4.78, 5) is 16.0. The molecule has 40 heavy (non-hydrogen) atoms. The summed E-state index contributed by atoms with van der Waals surface area (Å²) in [5, 5.41) is 24.9. The fourth-order valence-electron chi connectivity index (χ4n) is 4.48. The minimum absolute atomic E-state index is 0.0861. The second kappa shape index (κ2) is 11.4. The second-order valence-corrected chi connectivity index (χ2v) is 11.1. The van der Waals surface area contributed by atoms with Crippen molar-refractivity contribution in [3.05, 3.63) is 65.5 Å². The van der Waals surface area contributed by atoms with Gasteiger partial charge in [0.25, 0.3) is 0 Å². The van der Waals surface area contributed by atoms with Crippen molar-refractivity contribution in [2.75, 3.05) is 32.6 Å². The standard InChI is InChI=1S/C30H38N6O4/c1-19-26-20(2)36(33-27(26)28(32-31-19)34(6)7)23-18-22(37)14-15-25(23)39-24(21-12-10-9-11-13-21)16-17-35(8)29(38)40-30(3,4)5/h9-15,18,24,37H,16-17H2,1-8H3. The molecule has 0 saturated carbocycles. The van der Waals surface area contributed by atoms with Gasteiger partial charge in [-0.15, -0.1) is 5.10 Å². The number of aromatic nitrogens is 4. The Kier molecular flexibility index (Phi) is 8.18. The van der Waals surface area contributed by atoms with Crippen LogP contribution in [0.5, 0.6) is 11.5 Å². The van der Waals surface area contributed by atoms with Crippen molar-refractivity contribution in [3.8, 4) is 17.2 Å². The summed E-state index contributed by atoms with van der Waals surface area (Å²) < 4.78 is 13.9. The van der Waals surface area contributed by atoms with Gasteiger partial charge in [-0.05, 0) is 52.3 Å². The van der Waals surface area contributed by atoms with Crippen molar-refractivity contribution < 1.29 is 19.4 Å². The van der Waals surface area contributed by atoms with Crippen LogP contribution < -0.4 is 9.64 Å². The number of anilines is 1. The van der Waals surface area contributed by atoms with E-state index in [1.54, 1.807) is 34.8 Å². The van der Waals surface area contributed by atoms with E-state index in [0.717, 1.165) is 22.3 Å². The summed E-state index contributed by atoms with van der Waals surface area (Å²) in [7, 11) is 5.51. The van der Waals surface area contributed by atoms with Gasteiger partial charge < -0.3 is 24.4 Å². The van der Waals surface area contributed by atoms with E-state index in [1.807, 2.05) is 83.9 Å². The predicted molar refractivity (Wildman–Crippen MR) is 155 cm³/mol. The molecular weight excluding hydrogens is 508 g/mol. The largest absolute Gasteiger partial charge is 0.508 e. The Morgan fingerprint density at radius 2 is 1.75 bits per heavy atom. The average Bonchev–Trinajstić information content (AvgIpc) is 3.24. The summed E-state index contributed by atoms with van der Waals surface area (Å²) >= 11 is 0. The molecule has 4 aromatic rings. The van der Waals surface area contributed by atoms with Crippen molar-refractivity contribution >= 4 is 22.8 Å². The molecule has 0 radical (unpaired) electrons. The molecule has 0 aliphatic rings. The molecule has 10 heteroatoms. The number of ether oxygens (including phenoxy) is 2. The molecule has 1 unspecified atom stereocenters. The summed E-state index contributed by atoms with van der Waals surface area (Å²) in [6.45, 7) is 9.81. The molecule has 0 spiro atoms. The molecule has 2 aromatic carbocycles. The quantitative estimate of drug-likeness (QED) is 0.305. The zero-order valence-electron chi connectivity index (χ0n) is 24.5. The minimum Gasteiger partial charge on any atom is -0.508 e. The van der Waals surface area contributed by atoms with E-state index >= 15 is 0 Å². The van der Waals surface area contributed by atoms with E-state index in [4.69, 9.17) is 14.6 Å². The van der Waals surface area contributed by atoms with Crippen molar-refractivity contribution in [1.82, 2.24) is 24.9 Å². The number of carbonyl (C=O) groups excluding carboxylic acids is 1. The zero-order valence-corrected chi connectivity index (χ0v) is 24.5. The SMILES string of the molecule is Cc1nnc(N(C)C)c2nn(-c3cc(O)ccc3OC(CCN(C)C(=O)OC(C)(C)C)c3ccccc3)c(C)c12. The Hall–Kier alpha value is -4.34. The number of aryl methyl sites for hydroxylation is 2. The fourth-order valence-corrected chi connectivity index (χ4v) is 4.48. The normalized spacial score (nSPS) is 12.3. The first-order valence-electron chi connectivity index (χ1n) is 13.2. The predicted octanol–water partition coefficient (Wildman–Crippen LogP) is 5.58.